The first-order valence-corrected chi connectivity index (χ1v) is 8.78. The molecule has 2 aromatic carbocycles. The van der Waals surface area contributed by atoms with E-state index < -0.39 is 0 Å². The number of rotatable bonds is 4. The Morgan fingerprint density at radius 1 is 0.867 bits per heavy atom. The second kappa shape index (κ2) is 9.22. The van der Waals surface area contributed by atoms with E-state index in [2.05, 4.69) is 4.57 Å². The largest absolute Gasteiger partial charge is 0.465 e. The lowest BCUT2D eigenvalue weighted by atomic mass is 10.1. The van der Waals surface area contributed by atoms with Crippen molar-refractivity contribution in [2.45, 2.75) is 21.5 Å². The molecular weight excluding hydrogens is 380 g/mol. The quantitative estimate of drug-likeness (QED) is 0.371. The highest BCUT2D eigenvalue weighted by Gasteiger charge is 2.17. The Kier molecular flexibility index (Phi) is 6.95. The fourth-order valence-corrected chi connectivity index (χ4v) is 3.39. The van der Waals surface area contributed by atoms with Crippen LogP contribution in [0.1, 0.15) is 35.6 Å². The van der Waals surface area contributed by atoms with Crippen molar-refractivity contribution in [3.05, 3.63) is 78.1 Å². The Balaban J connectivity index is 0.00000160. The van der Waals surface area contributed by atoms with Gasteiger partial charge >= 0.3 is 11.9 Å². The van der Waals surface area contributed by atoms with Crippen molar-refractivity contribution in [3.63, 3.8) is 0 Å². The fraction of sp³-hybridized carbons (Fsp3) is 0.208. The number of carbonyl (C=O) groups excluding carboxylic acids is 2. The van der Waals surface area contributed by atoms with Crippen LogP contribution in [0.3, 0.4) is 0 Å². The van der Waals surface area contributed by atoms with Gasteiger partial charge in [-0.2, -0.15) is 4.57 Å². The summed E-state index contributed by atoms with van der Waals surface area (Å²) < 4.78 is 13.7. The number of fused-ring (bicyclic) bond motifs is 2. The molecule has 0 aliphatic rings. The standard InChI is InChI=1S/C22H19N2O4.2CH4/c1-27-21(25)17-7-8-20-16(11-17)9-10-23(20)14-24-13-18(22(26)28-2)12-15-5-3-4-6-19(15)24;;/h3-13H,14H2,1-2H3;2*1H4/q+1;;. The molecule has 0 N–H and O–H groups in total. The molecule has 0 fully saturated rings. The Labute approximate surface area is 176 Å². The average molecular weight is 407 g/mol. The van der Waals surface area contributed by atoms with Crippen LogP contribution in [0.5, 0.6) is 0 Å². The molecule has 0 saturated heterocycles. The van der Waals surface area contributed by atoms with Gasteiger partial charge in [0.2, 0.25) is 12.2 Å². The van der Waals surface area contributed by atoms with Crippen LogP contribution in [-0.2, 0) is 16.1 Å². The number of para-hydroxylation sites is 1. The number of aromatic nitrogens is 2. The van der Waals surface area contributed by atoms with Crippen LogP contribution >= 0.6 is 0 Å². The average Bonchev–Trinajstić information content (AvgIpc) is 3.14. The van der Waals surface area contributed by atoms with E-state index in [0.29, 0.717) is 17.8 Å². The molecule has 0 radical (unpaired) electrons. The molecule has 4 aromatic rings. The highest BCUT2D eigenvalue weighted by atomic mass is 16.5. The summed E-state index contributed by atoms with van der Waals surface area (Å²) in [5.41, 5.74) is 2.99. The minimum Gasteiger partial charge on any atom is -0.465 e. The first-order chi connectivity index (χ1) is 13.6. The predicted molar refractivity (Wildman–Crippen MR) is 118 cm³/mol. The molecular formula is C24H27N2O4+. The molecule has 0 aliphatic carbocycles. The zero-order valence-corrected chi connectivity index (χ0v) is 15.6. The van der Waals surface area contributed by atoms with Gasteiger partial charge in [-0.1, -0.05) is 27.0 Å². The minimum absolute atomic E-state index is 0. The molecule has 30 heavy (non-hydrogen) atoms. The van der Waals surface area contributed by atoms with Crippen LogP contribution in [0, 0.1) is 0 Å². The summed E-state index contributed by atoms with van der Waals surface area (Å²) in [6.45, 7) is 0.506. The number of pyridine rings is 1. The molecule has 2 heterocycles. The van der Waals surface area contributed by atoms with Crippen molar-refractivity contribution in [1.29, 1.82) is 0 Å². The van der Waals surface area contributed by atoms with Gasteiger partial charge in [-0.25, -0.2) is 9.59 Å². The molecule has 4 rings (SSSR count). The monoisotopic (exact) mass is 407 g/mol. The van der Waals surface area contributed by atoms with Crippen LogP contribution in [0.4, 0.5) is 0 Å². The van der Waals surface area contributed by atoms with E-state index in [4.69, 9.17) is 9.47 Å². The van der Waals surface area contributed by atoms with Crippen LogP contribution in [0.15, 0.2) is 67.0 Å². The van der Waals surface area contributed by atoms with Gasteiger partial charge in [-0.3, -0.25) is 4.57 Å². The predicted octanol–water partition coefficient (Wildman–Crippen LogP) is 4.43. The molecule has 0 atom stereocenters. The van der Waals surface area contributed by atoms with E-state index in [-0.39, 0.29) is 26.8 Å². The Hall–Kier alpha value is -3.67. The third-order valence-electron chi connectivity index (χ3n) is 4.77. The van der Waals surface area contributed by atoms with Crippen LogP contribution < -0.4 is 4.57 Å². The van der Waals surface area contributed by atoms with Gasteiger partial charge in [0.15, 0.2) is 6.20 Å². The van der Waals surface area contributed by atoms with E-state index >= 15 is 0 Å². The van der Waals surface area contributed by atoms with Crippen LogP contribution in [-0.4, -0.2) is 30.7 Å². The van der Waals surface area contributed by atoms with Gasteiger partial charge in [0.25, 0.3) is 0 Å². The van der Waals surface area contributed by atoms with Crippen molar-refractivity contribution in [3.8, 4) is 0 Å². The molecule has 6 nitrogen and oxygen atoms in total. The maximum Gasteiger partial charge on any atom is 0.343 e. The molecule has 0 saturated carbocycles. The fourth-order valence-electron chi connectivity index (χ4n) is 3.39. The van der Waals surface area contributed by atoms with Gasteiger partial charge in [-0.05, 0) is 36.4 Å². The van der Waals surface area contributed by atoms with Crippen molar-refractivity contribution in [2.24, 2.45) is 0 Å². The third-order valence-corrected chi connectivity index (χ3v) is 4.77. The van der Waals surface area contributed by atoms with Gasteiger partial charge in [0.05, 0.1) is 25.3 Å². The molecule has 0 aliphatic heterocycles. The molecule has 0 amide bonds. The highest BCUT2D eigenvalue weighted by Crippen LogP contribution is 2.19. The Bertz CT molecular complexity index is 1210. The molecule has 0 spiro atoms. The topological polar surface area (TPSA) is 61.4 Å². The summed E-state index contributed by atoms with van der Waals surface area (Å²) in [6, 6.07) is 17.1. The van der Waals surface area contributed by atoms with E-state index in [1.165, 1.54) is 14.2 Å². The summed E-state index contributed by atoms with van der Waals surface area (Å²) in [6.07, 6.45) is 3.75. The van der Waals surface area contributed by atoms with E-state index in [1.54, 1.807) is 12.3 Å². The van der Waals surface area contributed by atoms with Crippen molar-refractivity contribution >= 4 is 33.7 Å². The maximum absolute atomic E-state index is 12.1. The molecule has 6 heteroatoms. The highest BCUT2D eigenvalue weighted by molar-refractivity contribution is 5.95. The van der Waals surface area contributed by atoms with Gasteiger partial charge in [-0.15, -0.1) is 0 Å². The minimum atomic E-state index is -0.375. The third kappa shape index (κ3) is 4.03. The number of esters is 2. The smallest absolute Gasteiger partial charge is 0.343 e. The normalized spacial score (nSPS) is 10.2. The molecule has 0 bridgehead atoms. The first-order valence-electron chi connectivity index (χ1n) is 8.78. The zero-order chi connectivity index (χ0) is 19.7. The second-order valence-corrected chi connectivity index (χ2v) is 6.44. The van der Waals surface area contributed by atoms with Gasteiger partial charge in [0, 0.05) is 23.0 Å². The molecule has 2 aromatic heterocycles. The number of nitrogens with zero attached hydrogens (tertiary/aromatic N) is 2. The number of benzene rings is 2. The van der Waals surface area contributed by atoms with Crippen molar-refractivity contribution in [2.75, 3.05) is 14.2 Å². The van der Waals surface area contributed by atoms with Gasteiger partial charge < -0.3 is 9.47 Å². The Morgan fingerprint density at radius 3 is 2.27 bits per heavy atom. The van der Waals surface area contributed by atoms with Crippen molar-refractivity contribution < 1.29 is 23.6 Å². The summed E-state index contributed by atoms with van der Waals surface area (Å²) in [7, 11) is 2.74. The summed E-state index contributed by atoms with van der Waals surface area (Å²) in [5, 5.41) is 1.90. The lowest BCUT2D eigenvalue weighted by molar-refractivity contribution is -0.675. The van der Waals surface area contributed by atoms with Crippen LogP contribution in [0.25, 0.3) is 21.8 Å². The van der Waals surface area contributed by atoms with Crippen LogP contribution in [0.2, 0.25) is 0 Å². The first kappa shape index (κ1) is 22.6. The number of carbonyl (C=O) groups is 2. The maximum atomic E-state index is 12.1. The molecule has 156 valence electrons. The van der Waals surface area contributed by atoms with E-state index in [9.17, 15) is 9.59 Å². The number of hydrogen-bond acceptors (Lipinski definition) is 4. The lowest BCUT2D eigenvalue weighted by Crippen LogP contribution is -2.38. The number of methoxy groups -OCH3 is 2. The van der Waals surface area contributed by atoms with Crippen molar-refractivity contribution in [1.82, 2.24) is 4.57 Å². The van der Waals surface area contributed by atoms with Gasteiger partial charge in [0.1, 0.15) is 5.56 Å². The number of ether oxygens (including phenoxy) is 2. The zero-order valence-electron chi connectivity index (χ0n) is 15.6. The summed E-state index contributed by atoms with van der Waals surface area (Å²) in [4.78, 5) is 23.8. The Morgan fingerprint density at radius 2 is 1.53 bits per heavy atom. The SMILES string of the molecule is C.C.COC(=O)c1ccc2c(ccn2C[n+]2cc(C(=O)OC)cc3ccccc32)c1. The van der Waals surface area contributed by atoms with E-state index in [0.717, 1.165) is 21.8 Å². The lowest BCUT2D eigenvalue weighted by Gasteiger charge is -2.07. The summed E-state index contributed by atoms with van der Waals surface area (Å²) >= 11 is 0. The number of hydrogen-bond donors (Lipinski definition) is 0. The summed E-state index contributed by atoms with van der Waals surface area (Å²) in [5.74, 6) is -0.736. The second-order valence-electron chi connectivity index (χ2n) is 6.44. The molecule has 0 unspecified atom stereocenters. The van der Waals surface area contributed by atoms with E-state index in [1.807, 2.05) is 59.3 Å².